The lowest BCUT2D eigenvalue weighted by atomic mass is 10.4. The van der Waals surface area contributed by atoms with E-state index in [1.165, 1.54) is 0 Å². The van der Waals surface area contributed by atoms with E-state index in [4.69, 9.17) is 5.73 Å². The monoisotopic (exact) mass is 220 g/mol. The number of halogens is 2. The van der Waals surface area contributed by atoms with E-state index in [1.54, 1.807) is 0 Å². The maximum Gasteiger partial charge on any atom is 0.349 e. The van der Waals surface area contributed by atoms with Crippen LogP contribution in [0.25, 0.3) is 0 Å². The van der Waals surface area contributed by atoms with E-state index in [2.05, 4.69) is 19.7 Å². The summed E-state index contributed by atoms with van der Waals surface area (Å²) in [5.74, 6) is 0.115. The van der Waals surface area contributed by atoms with Crippen LogP contribution in [0.2, 0.25) is 0 Å². The Morgan fingerprint density at radius 2 is 2.20 bits per heavy atom. The van der Waals surface area contributed by atoms with Crippen molar-refractivity contribution in [3.05, 3.63) is 16.3 Å². The van der Waals surface area contributed by atoms with Crippen molar-refractivity contribution in [2.75, 3.05) is 18.9 Å². The van der Waals surface area contributed by atoms with Gasteiger partial charge in [-0.1, -0.05) is 0 Å². The number of H-pyrrole nitrogens is 1. The first-order valence-electron chi connectivity index (χ1n) is 4.16. The minimum absolute atomic E-state index is 0.0384. The van der Waals surface area contributed by atoms with Crippen LogP contribution in [0.1, 0.15) is 5.82 Å². The molecule has 3 N–H and O–H groups in total. The number of alkyl halides is 2. The molecule has 1 aromatic rings. The van der Waals surface area contributed by atoms with Gasteiger partial charge in [0.25, 0.3) is 6.43 Å². The first-order chi connectivity index (χ1) is 7.08. The lowest BCUT2D eigenvalue weighted by Crippen LogP contribution is -2.18. The molecule has 84 valence electrons. The Hall–Kier alpha value is -1.57. The molecule has 0 aliphatic heterocycles. The Bertz CT molecular complexity index is 368. The molecule has 1 rings (SSSR count). The molecule has 8 heteroatoms. The van der Waals surface area contributed by atoms with Crippen molar-refractivity contribution in [3.63, 3.8) is 0 Å². The Balaban J connectivity index is 2.40. The quantitative estimate of drug-likeness (QED) is 0.657. The summed E-state index contributed by atoms with van der Waals surface area (Å²) in [5.41, 5.74) is 4.59. The smallest absolute Gasteiger partial charge is 0.349 e. The van der Waals surface area contributed by atoms with Crippen LogP contribution in [0.15, 0.2) is 4.79 Å². The summed E-state index contributed by atoms with van der Waals surface area (Å²) < 4.78 is 27.9. The standard InChI is InChI=1S/C7H10F2N4O2/c8-4(9)3-15-2-1-5-11-6(10)13-7(14)12-5/h4H,1-3H2,(H3,10,11,12,13,14). The number of nitrogens with zero attached hydrogens (tertiary/aromatic N) is 2. The van der Waals surface area contributed by atoms with E-state index in [-0.39, 0.29) is 24.8 Å². The van der Waals surface area contributed by atoms with E-state index in [0.717, 1.165) is 0 Å². The van der Waals surface area contributed by atoms with Gasteiger partial charge in [0.05, 0.1) is 6.61 Å². The minimum Gasteiger partial charge on any atom is -0.375 e. The first kappa shape index (κ1) is 11.5. The van der Waals surface area contributed by atoms with E-state index in [1.807, 2.05) is 0 Å². The fourth-order valence-corrected chi connectivity index (χ4v) is 0.906. The lowest BCUT2D eigenvalue weighted by Gasteiger charge is -2.02. The number of hydrogen-bond donors (Lipinski definition) is 2. The van der Waals surface area contributed by atoms with Crippen LogP contribution in [0, 0.1) is 0 Å². The van der Waals surface area contributed by atoms with Crippen LogP contribution in [0.4, 0.5) is 14.7 Å². The van der Waals surface area contributed by atoms with Gasteiger partial charge in [-0.15, -0.1) is 0 Å². The van der Waals surface area contributed by atoms with Crippen LogP contribution in [-0.4, -0.2) is 34.6 Å². The van der Waals surface area contributed by atoms with Crippen molar-refractivity contribution in [2.24, 2.45) is 0 Å². The predicted octanol–water partition coefficient (Wildman–Crippen LogP) is -0.429. The molecule has 6 nitrogen and oxygen atoms in total. The van der Waals surface area contributed by atoms with Crippen molar-refractivity contribution in [1.29, 1.82) is 0 Å². The highest BCUT2D eigenvalue weighted by molar-refractivity contribution is 5.12. The molecule has 0 unspecified atom stereocenters. The van der Waals surface area contributed by atoms with Gasteiger partial charge in [-0.3, -0.25) is 4.98 Å². The summed E-state index contributed by atoms with van der Waals surface area (Å²) >= 11 is 0. The van der Waals surface area contributed by atoms with Gasteiger partial charge in [0.15, 0.2) is 0 Å². The molecular weight excluding hydrogens is 210 g/mol. The molecule has 0 saturated heterocycles. The maximum absolute atomic E-state index is 11.7. The first-order valence-corrected chi connectivity index (χ1v) is 4.16. The SMILES string of the molecule is Nc1nc(CCOCC(F)F)[nH]c(=O)n1. The Labute approximate surface area is 83.5 Å². The second kappa shape index (κ2) is 5.35. The van der Waals surface area contributed by atoms with Crippen LogP contribution in [0.3, 0.4) is 0 Å². The number of anilines is 1. The molecule has 1 heterocycles. The Morgan fingerprint density at radius 3 is 2.80 bits per heavy atom. The van der Waals surface area contributed by atoms with E-state index in [9.17, 15) is 13.6 Å². The summed E-state index contributed by atoms with van der Waals surface area (Å²) in [6.07, 6.45) is -2.30. The Kier molecular flexibility index (Phi) is 4.10. The molecular formula is C7H10F2N4O2. The number of nitrogens with one attached hydrogen (secondary N) is 1. The topological polar surface area (TPSA) is 93.9 Å². The second-order valence-corrected chi connectivity index (χ2v) is 2.67. The third-order valence-corrected chi connectivity index (χ3v) is 1.44. The molecule has 1 aromatic heterocycles. The highest BCUT2D eigenvalue weighted by atomic mass is 19.3. The van der Waals surface area contributed by atoms with Gasteiger partial charge in [-0.2, -0.15) is 9.97 Å². The van der Waals surface area contributed by atoms with Crippen molar-refractivity contribution in [3.8, 4) is 0 Å². The van der Waals surface area contributed by atoms with Crippen LogP contribution < -0.4 is 11.4 Å². The zero-order valence-electron chi connectivity index (χ0n) is 7.74. The summed E-state index contributed by atoms with van der Waals surface area (Å²) in [6.45, 7) is -0.596. The van der Waals surface area contributed by atoms with Crippen LogP contribution >= 0.6 is 0 Å². The normalized spacial score (nSPS) is 10.9. The molecule has 15 heavy (non-hydrogen) atoms. The fraction of sp³-hybridized carbons (Fsp3) is 0.571. The zero-order valence-corrected chi connectivity index (χ0v) is 7.74. The number of aromatic nitrogens is 3. The maximum atomic E-state index is 11.7. The number of hydrogen-bond acceptors (Lipinski definition) is 5. The van der Waals surface area contributed by atoms with Gasteiger partial charge in [-0.05, 0) is 0 Å². The third-order valence-electron chi connectivity index (χ3n) is 1.44. The summed E-state index contributed by atoms with van der Waals surface area (Å²) in [5, 5.41) is 0. The Morgan fingerprint density at radius 1 is 1.47 bits per heavy atom. The van der Waals surface area contributed by atoms with Gasteiger partial charge >= 0.3 is 5.69 Å². The summed E-state index contributed by atoms with van der Waals surface area (Å²) in [7, 11) is 0. The number of rotatable bonds is 5. The van der Waals surface area contributed by atoms with Crippen molar-refractivity contribution >= 4 is 5.95 Å². The third kappa shape index (κ3) is 4.45. The zero-order chi connectivity index (χ0) is 11.3. The number of nitrogen functional groups attached to an aromatic ring is 1. The van der Waals surface area contributed by atoms with E-state index >= 15 is 0 Å². The molecule has 0 aliphatic rings. The largest absolute Gasteiger partial charge is 0.375 e. The van der Waals surface area contributed by atoms with Gasteiger partial charge in [0, 0.05) is 6.42 Å². The van der Waals surface area contributed by atoms with Gasteiger partial charge in [-0.25, -0.2) is 13.6 Å². The molecule has 0 amide bonds. The molecule has 0 aromatic carbocycles. The second-order valence-electron chi connectivity index (χ2n) is 2.67. The molecule has 0 radical (unpaired) electrons. The fourth-order valence-electron chi connectivity index (χ4n) is 0.906. The van der Waals surface area contributed by atoms with Gasteiger partial charge in [0.1, 0.15) is 12.4 Å². The van der Waals surface area contributed by atoms with Crippen molar-refractivity contribution < 1.29 is 13.5 Å². The molecule has 0 spiro atoms. The van der Waals surface area contributed by atoms with Gasteiger partial charge < -0.3 is 10.5 Å². The molecule has 0 fully saturated rings. The molecule has 0 bridgehead atoms. The van der Waals surface area contributed by atoms with Crippen molar-refractivity contribution in [2.45, 2.75) is 12.8 Å². The molecule has 0 aliphatic carbocycles. The molecule has 0 atom stereocenters. The average Bonchev–Trinajstić information content (AvgIpc) is 2.10. The van der Waals surface area contributed by atoms with E-state index < -0.39 is 18.7 Å². The summed E-state index contributed by atoms with van der Waals surface area (Å²) in [4.78, 5) is 20.1. The van der Waals surface area contributed by atoms with E-state index in [0.29, 0.717) is 0 Å². The molecule has 0 saturated carbocycles. The predicted molar refractivity (Wildman–Crippen MR) is 47.6 cm³/mol. The van der Waals surface area contributed by atoms with Crippen LogP contribution in [0.5, 0.6) is 0 Å². The lowest BCUT2D eigenvalue weighted by molar-refractivity contribution is 0.0182. The number of nitrogens with two attached hydrogens (primary N) is 1. The number of ether oxygens (including phenoxy) is 1. The minimum atomic E-state index is -2.50. The van der Waals surface area contributed by atoms with Crippen molar-refractivity contribution in [1.82, 2.24) is 15.0 Å². The van der Waals surface area contributed by atoms with Gasteiger partial charge in [0.2, 0.25) is 5.95 Å². The highest BCUT2D eigenvalue weighted by Gasteiger charge is 2.03. The average molecular weight is 220 g/mol. The van der Waals surface area contributed by atoms with Crippen LogP contribution in [-0.2, 0) is 11.2 Å². The number of aromatic amines is 1. The highest BCUT2D eigenvalue weighted by Crippen LogP contribution is 1.95. The summed E-state index contributed by atoms with van der Waals surface area (Å²) in [6, 6.07) is 0.